The van der Waals surface area contributed by atoms with Gasteiger partial charge in [0.25, 0.3) is 0 Å². The SMILES string of the molecule is CCc1n[nH]c2c1=C1C=C(OC)C(OC)=CC1C(c1ccc(O)cc1)N=2. The second-order valence-corrected chi connectivity index (χ2v) is 6.34. The van der Waals surface area contributed by atoms with Gasteiger partial charge in [-0.1, -0.05) is 19.1 Å². The summed E-state index contributed by atoms with van der Waals surface area (Å²) in [5.41, 5.74) is 3.92. The van der Waals surface area contributed by atoms with E-state index in [2.05, 4.69) is 23.2 Å². The smallest absolute Gasteiger partial charge is 0.160 e. The zero-order valence-electron chi connectivity index (χ0n) is 15.0. The van der Waals surface area contributed by atoms with Crippen LogP contribution in [0.4, 0.5) is 0 Å². The maximum Gasteiger partial charge on any atom is 0.160 e. The van der Waals surface area contributed by atoms with Gasteiger partial charge in [-0.05, 0) is 41.8 Å². The van der Waals surface area contributed by atoms with Crippen LogP contribution in [0.1, 0.15) is 24.2 Å². The number of methoxy groups -OCH3 is 2. The van der Waals surface area contributed by atoms with Crippen molar-refractivity contribution in [2.45, 2.75) is 19.4 Å². The first kappa shape index (κ1) is 16.4. The van der Waals surface area contributed by atoms with Crippen molar-refractivity contribution in [1.29, 1.82) is 0 Å². The fraction of sp³-hybridized carbons (Fsp3) is 0.300. The van der Waals surface area contributed by atoms with Crippen LogP contribution in [0.15, 0.2) is 52.9 Å². The van der Waals surface area contributed by atoms with Crippen LogP contribution in [0.25, 0.3) is 5.57 Å². The monoisotopic (exact) mass is 351 g/mol. The largest absolute Gasteiger partial charge is 0.508 e. The Hall–Kier alpha value is -3.02. The molecule has 2 heterocycles. The number of benzene rings is 1. The molecule has 26 heavy (non-hydrogen) atoms. The molecule has 0 radical (unpaired) electrons. The zero-order valence-corrected chi connectivity index (χ0v) is 15.0. The predicted octanol–water partition coefficient (Wildman–Crippen LogP) is 1.89. The Balaban J connectivity index is 1.97. The maximum absolute atomic E-state index is 9.62. The standard InChI is InChI=1S/C20H21N3O3/c1-4-15-18-13-9-16(25-2)17(26-3)10-14(13)19(21-20(18)23-22-15)11-5-7-12(24)8-6-11/h5-10,14,19,24H,4H2,1-3H3,(H,21,23). The number of aromatic nitrogens is 2. The van der Waals surface area contributed by atoms with Crippen molar-refractivity contribution >= 4 is 5.57 Å². The van der Waals surface area contributed by atoms with E-state index in [0.29, 0.717) is 11.5 Å². The number of phenolic OH excluding ortho intramolecular Hbond substituents is 1. The summed E-state index contributed by atoms with van der Waals surface area (Å²) in [5.74, 6) is 1.64. The Kier molecular flexibility index (Phi) is 4.03. The van der Waals surface area contributed by atoms with Gasteiger partial charge in [-0.3, -0.25) is 10.1 Å². The van der Waals surface area contributed by atoms with Crippen molar-refractivity contribution in [1.82, 2.24) is 10.2 Å². The fourth-order valence-corrected chi connectivity index (χ4v) is 3.67. The first-order valence-corrected chi connectivity index (χ1v) is 8.62. The fourth-order valence-electron chi connectivity index (χ4n) is 3.67. The summed E-state index contributed by atoms with van der Waals surface area (Å²) >= 11 is 0. The normalized spacial score (nSPS) is 21.1. The minimum absolute atomic E-state index is 0.00351. The van der Waals surface area contributed by atoms with E-state index in [1.165, 1.54) is 0 Å². The summed E-state index contributed by atoms with van der Waals surface area (Å²) in [6, 6.07) is 7.04. The summed E-state index contributed by atoms with van der Waals surface area (Å²) < 4.78 is 11.0. The number of ether oxygens (including phenoxy) is 2. The van der Waals surface area contributed by atoms with Gasteiger partial charge in [0.15, 0.2) is 17.0 Å². The third-order valence-corrected chi connectivity index (χ3v) is 4.95. The van der Waals surface area contributed by atoms with Crippen LogP contribution in [-0.4, -0.2) is 29.5 Å². The van der Waals surface area contributed by atoms with Crippen molar-refractivity contribution in [2.24, 2.45) is 10.9 Å². The minimum Gasteiger partial charge on any atom is -0.508 e. The molecule has 2 unspecified atom stereocenters. The summed E-state index contributed by atoms with van der Waals surface area (Å²) in [4.78, 5) is 4.93. The molecule has 2 atom stereocenters. The first-order valence-electron chi connectivity index (χ1n) is 8.62. The lowest BCUT2D eigenvalue weighted by molar-refractivity contribution is 0.215. The lowest BCUT2D eigenvalue weighted by Crippen LogP contribution is -2.37. The second kappa shape index (κ2) is 6.37. The van der Waals surface area contributed by atoms with E-state index in [4.69, 9.17) is 14.5 Å². The molecule has 0 amide bonds. The van der Waals surface area contributed by atoms with Gasteiger partial charge in [0.1, 0.15) is 5.75 Å². The minimum atomic E-state index is -0.136. The average Bonchev–Trinajstić information content (AvgIpc) is 3.10. The third kappa shape index (κ3) is 2.49. The summed E-state index contributed by atoms with van der Waals surface area (Å²) in [5, 5.41) is 18.2. The highest BCUT2D eigenvalue weighted by molar-refractivity contribution is 5.68. The van der Waals surface area contributed by atoms with Gasteiger partial charge >= 0.3 is 0 Å². The lowest BCUT2D eigenvalue weighted by atomic mass is 9.81. The van der Waals surface area contributed by atoms with Crippen LogP contribution in [0.5, 0.6) is 5.75 Å². The molecule has 2 aromatic rings. The molecule has 0 saturated carbocycles. The van der Waals surface area contributed by atoms with Gasteiger partial charge in [-0.25, -0.2) is 0 Å². The van der Waals surface area contributed by atoms with E-state index in [1.54, 1.807) is 26.4 Å². The molecule has 0 saturated heterocycles. The predicted molar refractivity (Wildman–Crippen MR) is 96.7 cm³/mol. The van der Waals surface area contributed by atoms with Crippen LogP contribution in [0.3, 0.4) is 0 Å². The van der Waals surface area contributed by atoms with Gasteiger partial charge in [-0.2, -0.15) is 5.10 Å². The highest BCUT2D eigenvalue weighted by Crippen LogP contribution is 2.40. The molecule has 134 valence electrons. The molecule has 2 N–H and O–H groups in total. The van der Waals surface area contributed by atoms with Gasteiger partial charge in [0, 0.05) is 11.1 Å². The Morgan fingerprint density at radius 1 is 1.12 bits per heavy atom. The molecule has 1 aromatic carbocycles. The Bertz CT molecular complexity index is 1020. The number of hydrogen-bond acceptors (Lipinski definition) is 5. The molecule has 6 heteroatoms. The van der Waals surface area contributed by atoms with Gasteiger partial charge in [-0.15, -0.1) is 0 Å². The summed E-state index contributed by atoms with van der Waals surface area (Å²) in [6.45, 7) is 2.08. The van der Waals surface area contributed by atoms with Crippen molar-refractivity contribution in [2.75, 3.05) is 14.2 Å². The molecule has 1 aliphatic heterocycles. The molecular formula is C20H21N3O3. The number of aromatic hydroxyl groups is 1. The van der Waals surface area contributed by atoms with Crippen LogP contribution in [-0.2, 0) is 15.9 Å². The van der Waals surface area contributed by atoms with Crippen LogP contribution >= 0.6 is 0 Å². The van der Waals surface area contributed by atoms with Gasteiger partial charge in [0.2, 0.25) is 0 Å². The number of H-pyrrole nitrogens is 1. The summed E-state index contributed by atoms with van der Waals surface area (Å²) in [6.07, 6.45) is 4.90. The van der Waals surface area contributed by atoms with E-state index in [-0.39, 0.29) is 17.7 Å². The second-order valence-electron chi connectivity index (χ2n) is 6.34. The molecule has 1 aliphatic carbocycles. The number of aromatic amines is 1. The first-order chi connectivity index (χ1) is 12.7. The zero-order chi connectivity index (χ0) is 18.3. The highest BCUT2D eigenvalue weighted by Gasteiger charge is 2.33. The Morgan fingerprint density at radius 3 is 2.50 bits per heavy atom. The van der Waals surface area contributed by atoms with Gasteiger partial charge in [0.05, 0.1) is 26.0 Å². The number of fused-ring (bicyclic) bond motifs is 2. The Morgan fingerprint density at radius 2 is 1.85 bits per heavy atom. The van der Waals surface area contributed by atoms with E-state index < -0.39 is 0 Å². The molecule has 0 fully saturated rings. The number of phenols is 1. The topological polar surface area (TPSA) is 79.7 Å². The van der Waals surface area contributed by atoms with Crippen LogP contribution in [0, 0.1) is 5.92 Å². The molecular weight excluding hydrogens is 330 g/mol. The van der Waals surface area contributed by atoms with Gasteiger partial charge < -0.3 is 14.6 Å². The van der Waals surface area contributed by atoms with Crippen molar-refractivity contribution < 1.29 is 14.6 Å². The Labute approximate surface area is 151 Å². The number of aryl methyl sites for hydroxylation is 1. The third-order valence-electron chi connectivity index (χ3n) is 4.95. The number of hydrogen-bond donors (Lipinski definition) is 2. The molecule has 0 bridgehead atoms. The van der Waals surface area contributed by atoms with E-state index in [0.717, 1.165) is 34.0 Å². The summed E-state index contributed by atoms with van der Waals surface area (Å²) in [7, 11) is 3.28. The number of nitrogens with one attached hydrogen (secondary N) is 1. The van der Waals surface area contributed by atoms with E-state index in [1.807, 2.05) is 18.2 Å². The van der Waals surface area contributed by atoms with Crippen molar-refractivity contribution in [3.8, 4) is 5.75 Å². The quantitative estimate of drug-likeness (QED) is 0.882. The van der Waals surface area contributed by atoms with E-state index >= 15 is 0 Å². The molecule has 2 aliphatic rings. The van der Waals surface area contributed by atoms with E-state index in [9.17, 15) is 5.11 Å². The number of allylic oxidation sites excluding steroid dienone is 1. The average molecular weight is 351 g/mol. The van der Waals surface area contributed by atoms with Crippen molar-refractivity contribution in [3.05, 3.63) is 69.9 Å². The van der Waals surface area contributed by atoms with Crippen LogP contribution < -0.4 is 10.7 Å². The molecule has 0 spiro atoms. The lowest BCUT2D eigenvalue weighted by Gasteiger charge is -2.29. The molecule has 1 aromatic heterocycles. The van der Waals surface area contributed by atoms with Crippen molar-refractivity contribution in [3.63, 3.8) is 0 Å². The maximum atomic E-state index is 9.62. The molecule has 6 nitrogen and oxygen atoms in total. The number of rotatable bonds is 4. The number of nitrogens with zero attached hydrogens (tertiary/aromatic N) is 2. The molecule has 4 rings (SSSR count). The van der Waals surface area contributed by atoms with Crippen LogP contribution in [0.2, 0.25) is 0 Å². The highest BCUT2D eigenvalue weighted by atomic mass is 16.5.